The fraction of sp³-hybridized carbons (Fsp3) is 0.103. The molecule has 0 spiro atoms. The van der Waals surface area contributed by atoms with Crippen molar-refractivity contribution < 1.29 is 19.2 Å². The number of thioether (sulfide) groups is 1. The van der Waals surface area contributed by atoms with Gasteiger partial charge in [-0.3, -0.25) is 19.7 Å². The number of ether oxygens (including phenoxy) is 1. The number of non-ortho nitro benzene ring substituents is 1. The summed E-state index contributed by atoms with van der Waals surface area (Å²) in [5.74, 6) is -0.105. The number of para-hydroxylation sites is 2. The molecule has 1 unspecified atom stereocenters. The van der Waals surface area contributed by atoms with Crippen LogP contribution in [-0.4, -0.2) is 23.3 Å². The lowest BCUT2D eigenvalue weighted by atomic mass is 10.1. The predicted octanol–water partition coefficient (Wildman–Crippen LogP) is 6.72. The molecule has 9 heteroatoms. The minimum atomic E-state index is -0.589. The Labute approximate surface area is 224 Å². The van der Waals surface area contributed by atoms with E-state index in [0.29, 0.717) is 23.7 Å². The predicted molar refractivity (Wildman–Crippen MR) is 149 cm³/mol. The van der Waals surface area contributed by atoms with Crippen LogP contribution in [0.4, 0.5) is 17.1 Å². The van der Waals surface area contributed by atoms with Gasteiger partial charge in [0, 0.05) is 28.3 Å². The van der Waals surface area contributed by atoms with E-state index in [9.17, 15) is 19.7 Å². The van der Waals surface area contributed by atoms with Crippen molar-refractivity contribution in [1.82, 2.24) is 0 Å². The minimum absolute atomic E-state index is 0.162. The summed E-state index contributed by atoms with van der Waals surface area (Å²) in [6.45, 7) is 2.35. The Morgan fingerprint density at radius 1 is 0.895 bits per heavy atom. The number of nitro groups is 1. The fourth-order valence-electron chi connectivity index (χ4n) is 3.70. The number of nitrogens with zero attached hydrogens (tertiary/aromatic N) is 1. The molecular formula is C29H25N3O5S. The lowest BCUT2D eigenvalue weighted by Gasteiger charge is -2.19. The summed E-state index contributed by atoms with van der Waals surface area (Å²) in [5.41, 5.74) is 1.91. The van der Waals surface area contributed by atoms with Crippen LogP contribution in [0.25, 0.3) is 0 Å². The van der Waals surface area contributed by atoms with E-state index in [1.165, 1.54) is 36.0 Å². The van der Waals surface area contributed by atoms with E-state index in [-0.39, 0.29) is 17.2 Å². The first-order valence-corrected chi connectivity index (χ1v) is 12.7. The van der Waals surface area contributed by atoms with Gasteiger partial charge >= 0.3 is 0 Å². The summed E-state index contributed by atoms with van der Waals surface area (Å²) in [4.78, 5) is 37.5. The van der Waals surface area contributed by atoms with Crippen molar-refractivity contribution in [3.8, 4) is 5.75 Å². The molecule has 38 heavy (non-hydrogen) atoms. The van der Waals surface area contributed by atoms with Gasteiger partial charge in [0.05, 0.1) is 17.2 Å². The molecule has 4 rings (SSSR count). The van der Waals surface area contributed by atoms with Crippen LogP contribution < -0.4 is 15.4 Å². The zero-order valence-electron chi connectivity index (χ0n) is 20.5. The molecule has 8 nitrogen and oxygen atoms in total. The maximum absolute atomic E-state index is 13.5. The number of hydrogen-bond acceptors (Lipinski definition) is 6. The number of hydrogen-bond donors (Lipinski definition) is 2. The normalized spacial score (nSPS) is 11.3. The number of rotatable bonds is 10. The molecule has 0 radical (unpaired) electrons. The van der Waals surface area contributed by atoms with Gasteiger partial charge in [-0.2, -0.15) is 0 Å². The Bertz CT molecular complexity index is 1450. The summed E-state index contributed by atoms with van der Waals surface area (Å²) in [7, 11) is 0. The highest BCUT2D eigenvalue weighted by atomic mass is 32.2. The second-order valence-corrected chi connectivity index (χ2v) is 9.29. The molecule has 0 saturated carbocycles. The van der Waals surface area contributed by atoms with Crippen LogP contribution in [0.5, 0.6) is 5.75 Å². The van der Waals surface area contributed by atoms with Crippen LogP contribution in [-0.2, 0) is 4.79 Å². The lowest BCUT2D eigenvalue weighted by molar-refractivity contribution is -0.384. The Morgan fingerprint density at radius 2 is 1.63 bits per heavy atom. The van der Waals surface area contributed by atoms with Crippen molar-refractivity contribution in [2.75, 3.05) is 17.2 Å². The highest BCUT2D eigenvalue weighted by Crippen LogP contribution is 2.38. The highest BCUT2D eigenvalue weighted by Gasteiger charge is 2.23. The average Bonchev–Trinajstić information content (AvgIpc) is 2.93. The van der Waals surface area contributed by atoms with Gasteiger partial charge in [0.2, 0.25) is 5.91 Å². The third-order valence-corrected chi connectivity index (χ3v) is 6.70. The molecule has 0 aliphatic carbocycles. The molecule has 0 fully saturated rings. The number of carbonyl (C=O) groups is 2. The standard InChI is InChI=1S/C29H25N3O5S/c1-2-37-26-17-7-6-16-25(26)31-29(34)27(20-10-4-3-5-11-20)38-24-15-9-13-22(19-24)30-28(33)21-12-8-14-23(18-21)32(35)36/h3-19,27H,2H2,1H3,(H,30,33)(H,31,34). The maximum atomic E-state index is 13.5. The molecule has 2 N–H and O–H groups in total. The summed E-state index contributed by atoms with van der Waals surface area (Å²) >= 11 is 1.34. The van der Waals surface area contributed by atoms with Crippen molar-refractivity contribution in [2.45, 2.75) is 17.1 Å². The molecule has 192 valence electrons. The summed E-state index contributed by atoms with van der Waals surface area (Å²) in [5, 5.41) is 16.2. The van der Waals surface area contributed by atoms with E-state index < -0.39 is 16.1 Å². The Morgan fingerprint density at radius 3 is 2.39 bits per heavy atom. The van der Waals surface area contributed by atoms with Gasteiger partial charge < -0.3 is 15.4 Å². The van der Waals surface area contributed by atoms with E-state index in [2.05, 4.69) is 10.6 Å². The quantitative estimate of drug-likeness (QED) is 0.135. The van der Waals surface area contributed by atoms with Gasteiger partial charge in [-0.15, -0.1) is 11.8 Å². The van der Waals surface area contributed by atoms with E-state index in [4.69, 9.17) is 4.74 Å². The molecule has 0 saturated heterocycles. The number of anilines is 2. The monoisotopic (exact) mass is 527 g/mol. The molecule has 0 aliphatic heterocycles. The van der Waals surface area contributed by atoms with Crippen LogP contribution >= 0.6 is 11.8 Å². The van der Waals surface area contributed by atoms with Gasteiger partial charge in [-0.05, 0) is 48.9 Å². The van der Waals surface area contributed by atoms with E-state index >= 15 is 0 Å². The molecule has 0 aliphatic rings. The zero-order chi connectivity index (χ0) is 26.9. The van der Waals surface area contributed by atoms with E-state index in [1.54, 1.807) is 30.3 Å². The second-order valence-electron chi connectivity index (χ2n) is 8.12. The topological polar surface area (TPSA) is 111 Å². The molecular weight excluding hydrogens is 502 g/mol. The number of nitro benzene ring substituents is 1. The van der Waals surface area contributed by atoms with Gasteiger partial charge in [0.15, 0.2) is 0 Å². The van der Waals surface area contributed by atoms with Crippen LogP contribution in [0.3, 0.4) is 0 Å². The van der Waals surface area contributed by atoms with Crippen LogP contribution in [0, 0.1) is 10.1 Å². The second kappa shape index (κ2) is 12.6. The Hall–Kier alpha value is -4.63. The largest absolute Gasteiger partial charge is 0.492 e. The van der Waals surface area contributed by atoms with Gasteiger partial charge in [0.1, 0.15) is 11.0 Å². The summed E-state index contributed by atoms with van der Waals surface area (Å²) in [6.07, 6.45) is 0. The maximum Gasteiger partial charge on any atom is 0.270 e. The third kappa shape index (κ3) is 6.77. The van der Waals surface area contributed by atoms with Crippen molar-refractivity contribution in [1.29, 1.82) is 0 Å². The van der Waals surface area contributed by atoms with Crippen molar-refractivity contribution in [3.63, 3.8) is 0 Å². The Kier molecular flexibility index (Phi) is 8.73. The number of benzene rings is 4. The smallest absolute Gasteiger partial charge is 0.270 e. The molecule has 0 heterocycles. The van der Waals surface area contributed by atoms with Crippen LogP contribution in [0.15, 0.2) is 108 Å². The Balaban J connectivity index is 1.55. The first kappa shape index (κ1) is 26.4. The van der Waals surface area contributed by atoms with E-state index in [0.717, 1.165) is 10.5 Å². The summed E-state index contributed by atoms with van der Waals surface area (Å²) in [6, 6.07) is 29.3. The van der Waals surface area contributed by atoms with Crippen molar-refractivity contribution in [2.24, 2.45) is 0 Å². The van der Waals surface area contributed by atoms with E-state index in [1.807, 2.05) is 55.5 Å². The third-order valence-electron chi connectivity index (χ3n) is 5.45. The van der Waals surface area contributed by atoms with Crippen LogP contribution in [0.1, 0.15) is 28.1 Å². The minimum Gasteiger partial charge on any atom is -0.492 e. The molecule has 2 amide bonds. The lowest BCUT2D eigenvalue weighted by Crippen LogP contribution is -2.19. The van der Waals surface area contributed by atoms with Gasteiger partial charge in [-0.1, -0.05) is 54.6 Å². The first-order chi connectivity index (χ1) is 18.4. The van der Waals surface area contributed by atoms with Gasteiger partial charge in [-0.25, -0.2) is 0 Å². The van der Waals surface area contributed by atoms with Crippen molar-refractivity contribution in [3.05, 3.63) is 124 Å². The molecule has 1 atom stereocenters. The number of nitrogens with one attached hydrogen (secondary N) is 2. The SMILES string of the molecule is CCOc1ccccc1NC(=O)C(Sc1cccc(NC(=O)c2cccc([N+](=O)[O-])c2)c1)c1ccccc1. The molecule has 0 bridgehead atoms. The summed E-state index contributed by atoms with van der Waals surface area (Å²) < 4.78 is 5.65. The molecule has 4 aromatic rings. The van der Waals surface area contributed by atoms with Crippen molar-refractivity contribution >= 4 is 40.6 Å². The molecule has 0 aromatic heterocycles. The number of amides is 2. The number of carbonyl (C=O) groups excluding carboxylic acids is 2. The molecule has 4 aromatic carbocycles. The first-order valence-electron chi connectivity index (χ1n) is 11.8. The van der Waals surface area contributed by atoms with Crippen LogP contribution in [0.2, 0.25) is 0 Å². The average molecular weight is 528 g/mol. The van der Waals surface area contributed by atoms with Gasteiger partial charge in [0.25, 0.3) is 11.6 Å². The highest BCUT2D eigenvalue weighted by molar-refractivity contribution is 8.00. The fourth-order valence-corrected chi connectivity index (χ4v) is 4.78. The zero-order valence-corrected chi connectivity index (χ0v) is 21.3.